The van der Waals surface area contributed by atoms with Gasteiger partial charge in [-0.1, -0.05) is 37.3 Å². The number of nitrogens with zero attached hydrogens (tertiary/aromatic N) is 3. The summed E-state index contributed by atoms with van der Waals surface area (Å²) in [5, 5.41) is 7.53. The molecule has 128 valence electrons. The molecule has 3 aromatic rings. The van der Waals surface area contributed by atoms with Crippen LogP contribution >= 0.6 is 0 Å². The Bertz CT molecular complexity index is 836. The van der Waals surface area contributed by atoms with Crippen LogP contribution in [0.15, 0.2) is 72.0 Å². The molecule has 0 saturated heterocycles. The monoisotopic (exact) mass is 333 g/mol. The van der Waals surface area contributed by atoms with E-state index in [1.54, 1.807) is 0 Å². The van der Waals surface area contributed by atoms with Crippen LogP contribution in [-0.4, -0.2) is 22.3 Å². The first-order valence-electron chi connectivity index (χ1n) is 8.49. The van der Waals surface area contributed by atoms with Gasteiger partial charge in [0.15, 0.2) is 5.96 Å². The molecule has 5 heteroatoms. The lowest BCUT2D eigenvalue weighted by molar-refractivity contribution is 0.879. The maximum atomic E-state index is 5.98. The van der Waals surface area contributed by atoms with Crippen LogP contribution in [0.2, 0.25) is 0 Å². The van der Waals surface area contributed by atoms with E-state index in [9.17, 15) is 0 Å². The molecule has 0 amide bonds. The van der Waals surface area contributed by atoms with Crippen LogP contribution in [0.25, 0.3) is 5.69 Å². The summed E-state index contributed by atoms with van der Waals surface area (Å²) in [6.45, 7) is 2.75. The largest absolute Gasteiger partial charge is 0.370 e. The highest BCUT2D eigenvalue weighted by Crippen LogP contribution is 2.11. The molecule has 0 aliphatic rings. The number of hydrogen-bond acceptors (Lipinski definition) is 2. The molecule has 25 heavy (non-hydrogen) atoms. The van der Waals surface area contributed by atoms with Crippen molar-refractivity contribution in [2.75, 3.05) is 11.9 Å². The van der Waals surface area contributed by atoms with Crippen molar-refractivity contribution < 1.29 is 0 Å². The van der Waals surface area contributed by atoms with Crippen LogP contribution in [0.5, 0.6) is 0 Å². The van der Waals surface area contributed by atoms with Gasteiger partial charge in [0, 0.05) is 18.4 Å². The van der Waals surface area contributed by atoms with Gasteiger partial charge in [0.1, 0.15) is 0 Å². The molecule has 0 fully saturated rings. The number of hydrogen-bond donors (Lipinski definition) is 2. The summed E-state index contributed by atoms with van der Waals surface area (Å²) in [5.41, 5.74) is 10.4. The Labute approximate surface area is 148 Å². The molecule has 5 nitrogen and oxygen atoms in total. The van der Waals surface area contributed by atoms with Gasteiger partial charge in [0.2, 0.25) is 0 Å². The van der Waals surface area contributed by atoms with Crippen LogP contribution in [0, 0.1) is 0 Å². The van der Waals surface area contributed by atoms with E-state index in [1.807, 2.05) is 59.5 Å². The third-order valence-corrected chi connectivity index (χ3v) is 3.95. The molecule has 2 aromatic carbocycles. The summed E-state index contributed by atoms with van der Waals surface area (Å²) < 4.78 is 1.87. The lowest BCUT2D eigenvalue weighted by atomic mass is 10.1. The van der Waals surface area contributed by atoms with Crippen molar-refractivity contribution in [2.24, 2.45) is 10.7 Å². The van der Waals surface area contributed by atoms with Gasteiger partial charge in [-0.05, 0) is 48.2 Å². The van der Waals surface area contributed by atoms with Gasteiger partial charge >= 0.3 is 0 Å². The summed E-state index contributed by atoms with van der Waals surface area (Å²) in [6, 6.07) is 18.3. The van der Waals surface area contributed by atoms with Crippen molar-refractivity contribution in [1.82, 2.24) is 9.78 Å². The molecule has 0 unspecified atom stereocenters. The zero-order valence-corrected chi connectivity index (χ0v) is 14.4. The number of rotatable bonds is 6. The first-order valence-corrected chi connectivity index (χ1v) is 8.49. The van der Waals surface area contributed by atoms with Crippen molar-refractivity contribution in [3.05, 3.63) is 78.1 Å². The molecule has 0 spiro atoms. The van der Waals surface area contributed by atoms with E-state index in [0.29, 0.717) is 12.5 Å². The normalized spacial score (nSPS) is 11.5. The predicted molar refractivity (Wildman–Crippen MR) is 103 cm³/mol. The van der Waals surface area contributed by atoms with Gasteiger partial charge in [-0.3, -0.25) is 4.99 Å². The summed E-state index contributed by atoms with van der Waals surface area (Å²) in [6.07, 6.45) is 5.69. The van der Waals surface area contributed by atoms with E-state index in [-0.39, 0.29) is 0 Å². The highest BCUT2D eigenvalue weighted by molar-refractivity contribution is 5.92. The molecule has 1 heterocycles. The fraction of sp³-hybridized carbons (Fsp3) is 0.200. The van der Waals surface area contributed by atoms with E-state index in [4.69, 9.17) is 5.73 Å². The molecule has 0 aliphatic carbocycles. The van der Waals surface area contributed by atoms with Gasteiger partial charge in [0.05, 0.1) is 11.9 Å². The number of aliphatic imine (C=N–C) groups is 1. The number of benzene rings is 2. The zero-order valence-electron chi connectivity index (χ0n) is 14.4. The standard InChI is InChI=1S/C20H23N5/c1-2-16-7-6-8-18(13-16)24-20(21)22-12-11-17-14-23-25(15-17)19-9-4-3-5-10-19/h3-10,13-15H,2,11-12H2,1H3,(H3,21,22,24). The number of guanidine groups is 1. The lowest BCUT2D eigenvalue weighted by Crippen LogP contribution is -2.23. The maximum absolute atomic E-state index is 5.98. The number of aryl methyl sites for hydroxylation is 1. The summed E-state index contributed by atoms with van der Waals surface area (Å²) >= 11 is 0. The van der Waals surface area contributed by atoms with Crippen molar-refractivity contribution in [2.45, 2.75) is 19.8 Å². The Balaban J connectivity index is 1.55. The summed E-state index contributed by atoms with van der Waals surface area (Å²) in [5.74, 6) is 0.434. The SMILES string of the molecule is CCc1cccc(NC(N)=NCCc2cnn(-c3ccccc3)c2)c1. The topological polar surface area (TPSA) is 68.2 Å². The fourth-order valence-electron chi connectivity index (χ4n) is 2.57. The number of nitrogens with two attached hydrogens (primary N) is 1. The second kappa shape index (κ2) is 8.15. The van der Waals surface area contributed by atoms with Gasteiger partial charge in [0.25, 0.3) is 0 Å². The average Bonchev–Trinajstić information content (AvgIpc) is 3.11. The second-order valence-electron chi connectivity index (χ2n) is 5.82. The van der Waals surface area contributed by atoms with Crippen LogP contribution in [0.1, 0.15) is 18.1 Å². The Morgan fingerprint density at radius 1 is 1.12 bits per heavy atom. The third kappa shape index (κ3) is 4.70. The molecular weight excluding hydrogens is 310 g/mol. The zero-order chi connectivity index (χ0) is 17.5. The predicted octanol–water partition coefficient (Wildman–Crippen LogP) is 3.40. The van der Waals surface area contributed by atoms with Crippen LogP contribution in [0.3, 0.4) is 0 Å². The molecule has 0 bridgehead atoms. The Hall–Kier alpha value is -3.08. The quantitative estimate of drug-likeness (QED) is 0.536. The van der Waals surface area contributed by atoms with Gasteiger partial charge in [-0.2, -0.15) is 5.10 Å². The highest BCUT2D eigenvalue weighted by atomic mass is 15.3. The summed E-state index contributed by atoms with van der Waals surface area (Å²) in [7, 11) is 0. The van der Waals surface area contributed by atoms with Crippen molar-refractivity contribution in [1.29, 1.82) is 0 Å². The molecule has 0 atom stereocenters. The van der Waals surface area contributed by atoms with Crippen molar-refractivity contribution in [3.63, 3.8) is 0 Å². The lowest BCUT2D eigenvalue weighted by Gasteiger charge is -2.07. The number of aromatic nitrogens is 2. The van der Waals surface area contributed by atoms with Crippen LogP contribution < -0.4 is 11.1 Å². The smallest absolute Gasteiger partial charge is 0.193 e. The molecule has 1 aromatic heterocycles. The molecule has 0 aliphatic heterocycles. The van der Waals surface area contributed by atoms with E-state index >= 15 is 0 Å². The molecular formula is C20H23N5. The number of anilines is 1. The first kappa shape index (κ1) is 16.8. The van der Waals surface area contributed by atoms with E-state index in [1.165, 1.54) is 5.56 Å². The first-order chi connectivity index (χ1) is 12.2. The van der Waals surface area contributed by atoms with Crippen LogP contribution in [-0.2, 0) is 12.8 Å². The number of para-hydroxylation sites is 1. The van der Waals surface area contributed by atoms with Crippen LogP contribution in [0.4, 0.5) is 5.69 Å². The summed E-state index contributed by atoms with van der Waals surface area (Å²) in [4.78, 5) is 4.40. The van der Waals surface area contributed by atoms with Gasteiger partial charge < -0.3 is 11.1 Å². The minimum atomic E-state index is 0.434. The van der Waals surface area contributed by atoms with Gasteiger partial charge in [-0.25, -0.2) is 4.68 Å². The van der Waals surface area contributed by atoms with Gasteiger partial charge in [-0.15, -0.1) is 0 Å². The molecule has 3 N–H and O–H groups in total. The minimum absolute atomic E-state index is 0.434. The third-order valence-electron chi connectivity index (χ3n) is 3.95. The molecule has 0 saturated carbocycles. The Morgan fingerprint density at radius 2 is 1.96 bits per heavy atom. The van der Waals surface area contributed by atoms with E-state index < -0.39 is 0 Å². The fourth-order valence-corrected chi connectivity index (χ4v) is 2.57. The minimum Gasteiger partial charge on any atom is -0.370 e. The van der Waals surface area contributed by atoms with E-state index in [2.05, 4.69) is 34.5 Å². The van der Waals surface area contributed by atoms with E-state index in [0.717, 1.165) is 29.8 Å². The molecule has 0 radical (unpaired) electrons. The Kier molecular flexibility index (Phi) is 5.46. The maximum Gasteiger partial charge on any atom is 0.193 e. The Morgan fingerprint density at radius 3 is 2.76 bits per heavy atom. The average molecular weight is 333 g/mol. The molecule has 3 rings (SSSR count). The van der Waals surface area contributed by atoms with Crippen molar-refractivity contribution in [3.8, 4) is 5.69 Å². The van der Waals surface area contributed by atoms with Crippen molar-refractivity contribution >= 4 is 11.6 Å². The highest BCUT2D eigenvalue weighted by Gasteiger charge is 2.01. The number of nitrogens with one attached hydrogen (secondary N) is 1. The second-order valence-corrected chi connectivity index (χ2v) is 5.82.